The second-order valence-electron chi connectivity index (χ2n) is 4.53. The van der Waals surface area contributed by atoms with Crippen LogP contribution in [-0.4, -0.2) is 37.1 Å². The van der Waals surface area contributed by atoms with Gasteiger partial charge in [0.2, 0.25) is 5.91 Å². The van der Waals surface area contributed by atoms with E-state index in [9.17, 15) is 4.79 Å². The fourth-order valence-electron chi connectivity index (χ4n) is 1.76. The summed E-state index contributed by atoms with van der Waals surface area (Å²) >= 11 is 0. The molecule has 0 saturated carbocycles. The Morgan fingerprint density at radius 2 is 1.95 bits per heavy atom. The maximum Gasteiger partial charge on any atom is 0.231 e. The zero-order chi connectivity index (χ0) is 14.1. The summed E-state index contributed by atoms with van der Waals surface area (Å²) < 4.78 is 5.44. The highest BCUT2D eigenvalue weighted by Crippen LogP contribution is 2.08. The number of benzene rings is 1. The van der Waals surface area contributed by atoms with Crippen LogP contribution in [0.4, 0.5) is 5.69 Å². The van der Waals surface area contributed by atoms with Crippen molar-refractivity contribution < 1.29 is 9.53 Å². The lowest BCUT2D eigenvalue weighted by atomic mass is 10.2. The fourth-order valence-corrected chi connectivity index (χ4v) is 1.76. The first-order valence-corrected chi connectivity index (χ1v) is 6.54. The number of hydrogen-bond donors (Lipinski definition) is 2. The van der Waals surface area contributed by atoms with Crippen LogP contribution in [0.5, 0.6) is 0 Å². The number of nitrogen functional groups attached to an aromatic ring is 1. The largest absolute Gasteiger partial charge is 0.399 e. The number of nitrogens with two attached hydrogens (primary N) is 2. The number of hydrogen-bond acceptors (Lipinski definition) is 4. The van der Waals surface area contributed by atoms with Gasteiger partial charge in [-0.2, -0.15) is 0 Å². The molecular formula is C14H23N3O2. The Morgan fingerprint density at radius 3 is 2.53 bits per heavy atom. The summed E-state index contributed by atoms with van der Waals surface area (Å²) in [6.45, 7) is 5.00. The molecule has 0 aliphatic carbocycles. The van der Waals surface area contributed by atoms with Crippen molar-refractivity contribution in [2.75, 3.05) is 32.0 Å². The molecule has 0 aliphatic rings. The minimum Gasteiger partial charge on any atom is -0.399 e. The van der Waals surface area contributed by atoms with E-state index in [1.54, 1.807) is 0 Å². The van der Waals surface area contributed by atoms with Crippen LogP contribution in [0.25, 0.3) is 0 Å². The van der Waals surface area contributed by atoms with Crippen molar-refractivity contribution in [3.05, 3.63) is 29.8 Å². The minimum atomic E-state index is -0.328. The van der Waals surface area contributed by atoms with Crippen molar-refractivity contribution in [1.82, 2.24) is 4.90 Å². The zero-order valence-electron chi connectivity index (χ0n) is 11.5. The summed E-state index contributed by atoms with van der Waals surface area (Å²) in [5.41, 5.74) is 12.7. The first-order valence-electron chi connectivity index (χ1n) is 6.54. The van der Waals surface area contributed by atoms with E-state index in [-0.39, 0.29) is 12.5 Å². The molecule has 0 radical (unpaired) electrons. The number of amides is 1. The molecule has 1 aromatic rings. The van der Waals surface area contributed by atoms with Crippen molar-refractivity contribution in [2.45, 2.75) is 19.9 Å². The van der Waals surface area contributed by atoms with Gasteiger partial charge in [-0.05, 0) is 24.1 Å². The predicted molar refractivity (Wildman–Crippen MR) is 76.4 cm³/mol. The molecule has 0 aliphatic heterocycles. The number of carbonyl (C=O) groups excluding carboxylic acids is 1. The second-order valence-corrected chi connectivity index (χ2v) is 4.53. The van der Waals surface area contributed by atoms with Crippen LogP contribution in [0.3, 0.4) is 0 Å². The summed E-state index contributed by atoms with van der Waals surface area (Å²) in [6, 6.07) is 7.61. The minimum absolute atomic E-state index is 0.236. The molecule has 5 nitrogen and oxygen atoms in total. The zero-order valence-corrected chi connectivity index (χ0v) is 11.5. The van der Waals surface area contributed by atoms with Crippen LogP contribution >= 0.6 is 0 Å². The third kappa shape index (κ3) is 6.79. The molecule has 19 heavy (non-hydrogen) atoms. The number of rotatable bonds is 9. The normalized spacial score (nSPS) is 10.8. The SMILES string of the molecule is CCCOCCN(CC(N)=O)Cc1ccc(N)cc1. The van der Waals surface area contributed by atoms with Crippen LogP contribution in [0.2, 0.25) is 0 Å². The highest BCUT2D eigenvalue weighted by molar-refractivity contribution is 5.75. The van der Waals surface area contributed by atoms with Crippen LogP contribution in [0, 0.1) is 0 Å². The molecule has 0 spiro atoms. The molecule has 0 saturated heterocycles. The molecule has 4 N–H and O–H groups in total. The van der Waals surface area contributed by atoms with Gasteiger partial charge in [0.25, 0.3) is 0 Å². The van der Waals surface area contributed by atoms with E-state index in [2.05, 4.69) is 6.92 Å². The van der Waals surface area contributed by atoms with Gasteiger partial charge >= 0.3 is 0 Å². The Bertz CT molecular complexity index is 379. The molecule has 0 fully saturated rings. The lowest BCUT2D eigenvalue weighted by Gasteiger charge is -2.20. The Labute approximate surface area is 114 Å². The van der Waals surface area contributed by atoms with Crippen LogP contribution in [-0.2, 0) is 16.1 Å². The van der Waals surface area contributed by atoms with Gasteiger partial charge < -0.3 is 16.2 Å². The molecule has 1 aromatic carbocycles. The number of primary amides is 1. The average molecular weight is 265 g/mol. The van der Waals surface area contributed by atoms with E-state index < -0.39 is 0 Å². The summed E-state index contributed by atoms with van der Waals surface area (Å²) in [6.07, 6.45) is 0.994. The van der Waals surface area contributed by atoms with Crippen molar-refractivity contribution in [1.29, 1.82) is 0 Å². The quantitative estimate of drug-likeness (QED) is 0.515. The summed E-state index contributed by atoms with van der Waals surface area (Å²) in [4.78, 5) is 13.0. The Hall–Kier alpha value is -1.59. The molecule has 0 atom stereocenters. The van der Waals surface area contributed by atoms with Crippen molar-refractivity contribution in [3.63, 3.8) is 0 Å². The van der Waals surface area contributed by atoms with Gasteiger partial charge in [0.15, 0.2) is 0 Å². The Kier molecular flexibility index (Phi) is 6.92. The summed E-state index contributed by atoms with van der Waals surface area (Å²) in [5, 5.41) is 0. The van der Waals surface area contributed by atoms with E-state index in [4.69, 9.17) is 16.2 Å². The molecule has 0 bridgehead atoms. The van der Waals surface area contributed by atoms with Crippen LogP contribution in [0.15, 0.2) is 24.3 Å². The number of anilines is 1. The van der Waals surface area contributed by atoms with E-state index in [1.807, 2.05) is 29.2 Å². The second kappa shape index (κ2) is 8.50. The monoisotopic (exact) mass is 265 g/mol. The third-order valence-corrected chi connectivity index (χ3v) is 2.67. The van der Waals surface area contributed by atoms with E-state index >= 15 is 0 Å². The fraction of sp³-hybridized carbons (Fsp3) is 0.500. The van der Waals surface area contributed by atoms with Gasteiger partial charge in [0.05, 0.1) is 13.2 Å². The number of carbonyl (C=O) groups is 1. The summed E-state index contributed by atoms with van der Waals surface area (Å²) in [5.74, 6) is -0.328. The Morgan fingerprint density at radius 1 is 1.26 bits per heavy atom. The maximum atomic E-state index is 11.1. The number of nitrogens with zero attached hydrogens (tertiary/aromatic N) is 1. The van der Waals surface area contributed by atoms with E-state index in [0.717, 1.165) is 24.3 Å². The topological polar surface area (TPSA) is 81.6 Å². The van der Waals surface area contributed by atoms with Gasteiger partial charge in [-0.3, -0.25) is 9.69 Å². The van der Waals surface area contributed by atoms with E-state index in [0.29, 0.717) is 19.7 Å². The molecule has 0 heterocycles. The molecule has 1 rings (SSSR count). The maximum absolute atomic E-state index is 11.1. The highest BCUT2D eigenvalue weighted by atomic mass is 16.5. The van der Waals surface area contributed by atoms with Crippen molar-refractivity contribution >= 4 is 11.6 Å². The van der Waals surface area contributed by atoms with Crippen molar-refractivity contribution in [2.24, 2.45) is 5.73 Å². The Balaban J connectivity index is 2.48. The van der Waals surface area contributed by atoms with Gasteiger partial charge in [0.1, 0.15) is 0 Å². The standard InChI is InChI=1S/C14H23N3O2/c1-2-8-19-9-7-17(11-14(16)18)10-12-3-5-13(15)6-4-12/h3-6H,2,7-11,15H2,1H3,(H2,16,18). The van der Waals surface area contributed by atoms with Crippen molar-refractivity contribution in [3.8, 4) is 0 Å². The van der Waals surface area contributed by atoms with E-state index in [1.165, 1.54) is 0 Å². The summed E-state index contributed by atoms with van der Waals surface area (Å²) in [7, 11) is 0. The third-order valence-electron chi connectivity index (χ3n) is 2.67. The molecule has 5 heteroatoms. The van der Waals surface area contributed by atoms with Gasteiger partial charge in [-0.25, -0.2) is 0 Å². The van der Waals surface area contributed by atoms with Crippen LogP contribution < -0.4 is 11.5 Å². The van der Waals surface area contributed by atoms with Gasteiger partial charge in [0, 0.05) is 25.4 Å². The molecular weight excluding hydrogens is 242 g/mol. The van der Waals surface area contributed by atoms with Gasteiger partial charge in [-0.1, -0.05) is 19.1 Å². The first-order chi connectivity index (χ1) is 9.11. The van der Waals surface area contributed by atoms with Crippen LogP contribution in [0.1, 0.15) is 18.9 Å². The molecule has 0 aromatic heterocycles. The molecule has 0 unspecified atom stereocenters. The van der Waals surface area contributed by atoms with Gasteiger partial charge in [-0.15, -0.1) is 0 Å². The lowest BCUT2D eigenvalue weighted by molar-refractivity contribution is -0.119. The molecule has 106 valence electrons. The number of ether oxygens (including phenoxy) is 1. The highest BCUT2D eigenvalue weighted by Gasteiger charge is 2.09. The predicted octanol–water partition coefficient (Wildman–Crippen LogP) is 0.983. The average Bonchev–Trinajstić information content (AvgIpc) is 2.36. The lowest BCUT2D eigenvalue weighted by Crippen LogP contribution is -2.35. The smallest absolute Gasteiger partial charge is 0.231 e. The first kappa shape index (κ1) is 15.5. The molecule has 1 amide bonds.